The first-order valence-corrected chi connectivity index (χ1v) is 8.07. The molecule has 2 amide bonds. The van der Waals surface area contributed by atoms with Crippen molar-refractivity contribution in [2.75, 3.05) is 13.1 Å². The largest absolute Gasteiger partial charge is 0.355 e. The zero-order chi connectivity index (χ0) is 16.8. The van der Waals surface area contributed by atoms with Crippen molar-refractivity contribution in [3.63, 3.8) is 0 Å². The van der Waals surface area contributed by atoms with Gasteiger partial charge in [0.15, 0.2) is 0 Å². The van der Waals surface area contributed by atoms with Gasteiger partial charge in [-0.1, -0.05) is 0 Å². The molecule has 122 valence electrons. The summed E-state index contributed by atoms with van der Waals surface area (Å²) in [7, 11) is -3.92. The zero-order valence-corrected chi connectivity index (χ0v) is 13.0. The van der Waals surface area contributed by atoms with Crippen LogP contribution in [0.15, 0.2) is 29.2 Å². The number of hydrogen-bond acceptors (Lipinski definition) is 4. The number of amides is 2. The van der Waals surface area contributed by atoms with E-state index < -0.39 is 34.3 Å². The number of nitrogens with one attached hydrogen (secondary N) is 3. The summed E-state index contributed by atoms with van der Waals surface area (Å²) in [6, 6.07) is 3.42. The molecule has 0 aliphatic heterocycles. The molecule has 0 unspecified atom stereocenters. The van der Waals surface area contributed by atoms with Crippen LogP contribution in [0.4, 0.5) is 4.39 Å². The van der Waals surface area contributed by atoms with E-state index in [0.29, 0.717) is 6.54 Å². The number of likely N-dealkylation sites (N-methyl/N-ethyl adjacent to an activating group) is 1. The molecule has 1 rings (SSSR count). The Kier molecular flexibility index (Phi) is 6.44. The van der Waals surface area contributed by atoms with Crippen molar-refractivity contribution in [3.8, 4) is 0 Å². The van der Waals surface area contributed by atoms with E-state index in [1.54, 1.807) is 6.92 Å². The number of carbonyl (C=O) groups excluding carboxylic acids is 2. The Hall–Kier alpha value is -2.00. The Balaban J connectivity index is 2.56. The Morgan fingerprint density at radius 1 is 1.23 bits per heavy atom. The molecule has 9 heteroatoms. The van der Waals surface area contributed by atoms with E-state index in [-0.39, 0.29) is 10.8 Å². The minimum atomic E-state index is -3.92. The van der Waals surface area contributed by atoms with Gasteiger partial charge in [-0.05, 0) is 38.1 Å². The van der Waals surface area contributed by atoms with Gasteiger partial charge in [0.25, 0.3) is 0 Å². The number of carbonyl (C=O) groups is 2. The molecule has 0 heterocycles. The Labute approximate surface area is 128 Å². The highest BCUT2D eigenvalue weighted by molar-refractivity contribution is 7.89. The minimum absolute atomic E-state index is 0.154. The summed E-state index contributed by atoms with van der Waals surface area (Å²) >= 11 is 0. The normalized spacial score (nSPS) is 12.5. The monoisotopic (exact) mass is 331 g/mol. The fourth-order valence-corrected chi connectivity index (χ4v) is 2.53. The van der Waals surface area contributed by atoms with E-state index in [9.17, 15) is 22.4 Å². The molecular formula is C13H18FN3O4S. The van der Waals surface area contributed by atoms with Crippen LogP contribution < -0.4 is 15.4 Å². The van der Waals surface area contributed by atoms with Crippen molar-refractivity contribution < 1.29 is 22.4 Å². The fraction of sp³-hybridized carbons (Fsp3) is 0.385. The topological polar surface area (TPSA) is 104 Å². The van der Waals surface area contributed by atoms with Gasteiger partial charge in [-0.15, -0.1) is 0 Å². The molecule has 1 atom stereocenters. The molecule has 0 spiro atoms. The number of halogens is 1. The van der Waals surface area contributed by atoms with Gasteiger partial charge >= 0.3 is 0 Å². The molecule has 0 saturated carbocycles. The van der Waals surface area contributed by atoms with Crippen LogP contribution in [0.3, 0.4) is 0 Å². The van der Waals surface area contributed by atoms with Crippen LogP contribution in [-0.4, -0.2) is 39.4 Å². The molecule has 0 fully saturated rings. The lowest BCUT2D eigenvalue weighted by Crippen LogP contribution is -2.47. The highest BCUT2D eigenvalue weighted by atomic mass is 32.2. The summed E-state index contributed by atoms with van der Waals surface area (Å²) in [4.78, 5) is 22.9. The summed E-state index contributed by atoms with van der Waals surface area (Å²) in [6.07, 6.45) is 0. The Morgan fingerprint density at radius 2 is 1.82 bits per heavy atom. The van der Waals surface area contributed by atoms with Crippen LogP contribution >= 0.6 is 0 Å². The Morgan fingerprint density at radius 3 is 2.36 bits per heavy atom. The molecule has 1 aromatic rings. The third kappa shape index (κ3) is 5.41. The van der Waals surface area contributed by atoms with Crippen LogP contribution in [0.5, 0.6) is 0 Å². The van der Waals surface area contributed by atoms with E-state index in [1.807, 2.05) is 0 Å². The summed E-state index contributed by atoms with van der Waals surface area (Å²) in [5, 5.41) is 4.89. The van der Waals surface area contributed by atoms with Crippen molar-refractivity contribution in [1.82, 2.24) is 15.4 Å². The molecule has 0 aromatic heterocycles. The lowest BCUT2D eigenvalue weighted by atomic mass is 10.3. The smallest absolute Gasteiger partial charge is 0.242 e. The second kappa shape index (κ2) is 7.85. The highest BCUT2D eigenvalue weighted by Crippen LogP contribution is 2.08. The van der Waals surface area contributed by atoms with Crippen LogP contribution in [0.25, 0.3) is 0 Å². The fourth-order valence-electron chi connectivity index (χ4n) is 1.54. The standard InChI is InChI=1S/C13H18FN3O4S/c1-3-15-13(19)9(2)17-12(18)8-16-22(20,21)11-6-4-10(14)5-7-11/h4-7,9,16H,3,8H2,1-2H3,(H,15,19)(H,17,18)/t9-/m1/s1. The molecule has 0 radical (unpaired) electrons. The summed E-state index contributed by atoms with van der Waals surface area (Å²) in [5.41, 5.74) is 0. The van der Waals surface area contributed by atoms with Gasteiger partial charge in [0, 0.05) is 6.54 Å². The quantitative estimate of drug-likeness (QED) is 0.640. The summed E-state index contributed by atoms with van der Waals surface area (Å²) in [5.74, 6) is -1.57. The molecule has 7 nitrogen and oxygen atoms in total. The molecule has 0 bridgehead atoms. The molecule has 3 N–H and O–H groups in total. The van der Waals surface area contributed by atoms with Crippen molar-refractivity contribution >= 4 is 21.8 Å². The maximum atomic E-state index is 12.8. The molecular weight excluding hydrogens is 313 g/mol. The Bertz CT molecular complexity index is 631. The SMILES string of the molecule is CCNC(=O)[C@@H](C)NC(=O)CNS(=O)(=O)c1ccc(F)cc1. The predicted molar refractivity (Wildman–Crippen MR) is 77.9 cm³/mol. The first kappa shape index (κ1) is 18.1. The second-order valence-electron chi connectivity index (χ2n) is 4.46. The van der Waals surface area contributed by atoms with Crippen LogP contribution in [-0.2, 0) is 19.6 Å². The van der Waals surface area contributed by atoms with E-state index in [1.165, 1.54) is 6.92 Å². The average Bonchev–Trinajstić information content (AvgIpc) is 2.46. The van der Waals surface area contributed by atoms with Gasteiger partial charge in [0.1, 0.15) is 11.9 Å². The van der Waals surface area contributed by atoms with E-state index in [2.05, 4.69) is 15.4 Å². The third-order valence-electron chi connectivity index (χ3n) is 2.67. The molecule has 0 aliphatic carbocycles. The van der Waals surface area contributed by atoms with Gasteiger partial charge in [-0.25, -0.2) is 17.5 Å². The first-order valence-electron chi connectivity index (χ1n) is 6.58. The molecule has 0 aliphatic rings. The summed E-state index contributed by atoms with van der Waals surface area (Å²) in [6.45, 7) is 3.13. The number of rotatable bonds is 7. The second-order valence-corrected chi connectivity index (χ2v) is 6.23. The molecule has 22 heavy (non-hydrogen) atoms. The number of sulfonamides is 1. The minimum Gasteiger partial charge on any atom is -0.355 e. The van der Waals surface area contributed by atoms with Gasteiger partial charge in [0.2, 0.25) is 21.8 Å². The van der Waals surface area contributed by atoms with Gasteiger partial charge in [0.05, 0.1) is 11.4 Å². The first-order chi connectivity index (χ1) is 10.3. The lowest BCUT2D eigenvalue weighted by Gasteiger charge is -2.13. The predicted octanol–water partition coefficient (Wildman–Crippen LogP) is -0.255. The van der Waals surface area contributed by atoms with Gasteiger partial charge in [-0.3, -0.25) is 9.59 Å². The maximum absolute atomic E-state index is 12.8. The van der Waals surface area contributed by atoms with Crippen molar-refractivity contribution in [2.24, 2.45) is 0 Å². The van der Waals surface area contributed by atoms with Gasteiger partial charge in [-0.2, -0.15) is 0 Å². The van der Waals surface area contributed by atoms with Crippen LogP contribution in [0.2, 0.25) is 0 Å². The van der Waals surface area contributed by atoms with Crippen molar-refractivity contribution in [2.45, 2.75) is 24.8 Å². The van der Waals surface area contributed by atoms with E-state index >= 15 is 0 Å². The average molecular weight is 331 g/mol. The molecule has 1 aromatic carbocycles. The lowest BCUT2D eigenvalue weighted by molar-refractivity contribution is -0.127. The van der Waals surface area contributed by atoms with E-state index in [0.717, 1.165) is 24.3 Å². The number of hydrogen-bond donors (Lipinski definition) is 3. The number of benzene rings is 1. The maximum Gasteiger partial charge on any atom is 0.242 e. The summed E-state index contributed by atoms with van der Waals surface area (Å²) < 4.78 is 38.6. The molecule has 0 saturated heterocycles. The van der Waals surface area contributed by atoms with Crippen LogP contribution in [0, 0.1) is 5.82 Å². The zero-order valence-electron chi connectivity index (χ0n) is 12.2. The van der Waals surface area contributed by atoms with Gasteiger partial charge < -0.3 is 10.6 Å². The van der Waals surface area contributed by atoms with E-state index in [4.69, 9.17) is 0 Å². The van der Waals surface area contributed by atoms with Crippen LogP contribution in [0.1, 0.15) is 13.8 Å². The van der Waals surface area contributed by atoms with Crippen molar-refractivity contribution in [1.29, 1.82) is 0 Å². The van der Waals surface area contributed by atoms with Crippen molar-refractivity contribution in [3.05, 3.63) is 30.1 Å². The highest BCUT2D eigenvalue weighted by Gasteiger charge is 2.18. The third-order valence-corrected chi connectivity index (χ3v) is 4.09.